The van der Waals surface area contributed by atoms with Crippen LogP contribution in [0.4, 0.5) is 0 Å². The first-order valence-corrected chi connectivity index (χ1v) is 17.9. The zero-order valence-corrected chi connectivity index (χ0v) is 30.8. The molecule has 0 saturated carbocycles. The van der Waals surface area contributed by atoms with Gasteiger partial charge in [-0.1, -0.05) is 50.6 Å². The van der Waals surface area contributed by atoms with E-state index in [4.69, 9.17) is 22.3 Å². The molecule has 55 heavy (non-hydrogen) atoms. The maximum absolute atomic E-state index is 14.2. The van der Waals surface area contributed by atoms with E-state index in [-0.39, 0.29) is 43.9 Å². The molecule has 3 rings (SSSR count). The Hall–Kier alpha value is -6.17. The van der Waals surface area contributed by atoms with Gasteiger partial charge < -0.3 is 58.8 Å². The fraction of sp³-hybridized carbons (Fsp3) is 0.432. The second-order valence-corrected chi connectivity index (χ2v) is 13.3. The number of aliphatic carboxylic acids is 2. The molecule has 0 bridgehead atoms. The van der Waals surface area contributed by atoms with E-state index < -0.39 is 78.1 Å². The number of aromatic hydroxyl groups is 1. The van der Waals surface area contributed by atoms with Crippen molar-refractivity contribution >= 4 is 52.4 Å². The largest absolute Gasteiger partial charge is 0.508 e. The average molecular weight is 766 g/mol. The Bertz CT molecular complexity index is 1830. The van der Waals surface area contributed by atoms with E-state index in [0.29, 0.717) is 24.0 Å². The van der Waals surface area contributed by atoms with Gasteiger partial charge in [0.15, 0.2) is 5.96 Å². The lowest BCUT2D eigenvalue weighted by molar-refractivity contribution is -0.143. The minimum absolute atomic E-state index is 0.0106. The van der Waals surface area contributed by atoms with E-state index in [1.165, 1.54) is 12.1 Å². The van der Waals surface area contributed by atoms with E-state index in [2.05, 4.69) is 31.2 Å². The number of carboxylic acids is 2. The molecule has 0 aliphatic heterocycles. The molecule has 1 aromatic heterocycles. The zero-order valence-electron chi connectivity index (χ0n) is 30.8. The fourth-order valence-corrected chi connectivity index (χ4v) is 5.75. The number of carbonyl (C=O) groups excluding carboxylic acids is 4. The van der Waals surface area contributed by atoms with Crippen molar-refractivity contribution in [3.8, 4) is 5.75 Å². The van der Waals surface area contributed by atoms with Gasteiger partial charge in [0, 0.05) is 42.9 Å². The van der Waals surface area contributed by atoms with Gasteiger partial charge in [-0.2, -0.15) is 0 Å². The molecule has 2 aromatic carbocycles. The monoisotopic (exact) mass is 765 g/mol. The van der Waals surface area contributed by atoms with E-state index in [0.717, 1.165) is 10.9 Å². The highest BCUT2D eigenvalue weighted by atomic mass is 16.4. The Morgan fingerprint density at radius 1 is 0.800 bits per heavy atom. The maximum atomic E-state index is 14.2. The third kappa shape index (κ3) is 13.6. The number of amides is 4. The first kappa shape index (κ1) is 43.2. The average Bonchev–Trinajstić information content (AvgIpc) is 3.55. The number of nitrogens with zero attached hydrogens (tertiary/aromatic N) is 1. The Morgan fingerprint density at radius 2 is 1.42 bits per heavy atom. The first-order valence-electron chi connectivity index (χ1n) is 17.9. The molecule has 6 atom stereocenters. The van der Waals surface area contributed by atoms with Crippen LogP contribution in [0.25, 0.3) is 10.9 Å². The summed E-state index contributed by atoms with van der Waals surface area (Å²) >= 11 is 0. The number of phenolic OH excluding ortho intramolecular Hbond substituents is 1. The van der Waals surface area contributed by atoms with E-state index in [1.807, 2.05) is 24.3 Å². The number of fused-ring (bicyclic) bond motifs is 1. The number of H-pyrrole nitrogens is 1. The van der Waals surface area contributed by atoms with Crippen molar-refractivity contribution in [2.45, 2.75) is 89.0 Å². The molecule has 0 radical (unpaired) electrons. The highest BCUT2D eigenvalue weighted by Crippen LogP contribution is 2.20. The summed E-state index contributed by atoms with van der Waals surface area (Å²) in [5, 5.41) is 39.7. The standard InChI is InChI=1S/C37H51N9O9/c1-3-20(2)31(35(53)43-27(36(54)55)14-15-30(48)49)46-34(52)29(18-22-19-42-26-9-5-4-7-24(22)26)45-33(51)28(17-21-10-12-23(47)13-11-21)44-32(50)25(38)8-6-16-41-37(39)40/h4-5,7,9-13,19-20,25,27-29,31,42,47H,3,6,8,14-18,38H2,1-2H3,(H,43,53)(H,44,50)(H,45,51)(H,46,52)(H,48,49)(H,54,55)(H4,39,40,41)/t20-,25-,27-,28-,29-,31-/m0/s1. The number of aromatic nitrogens is 1. The van der Waals surface area contributed by atoms with Crippen molar-refractivity contribution in [1.82, 2.24) is 26.3 Å². The second-order valence-electron chi connectivity index (χ2n) is 13.3. The number of nitrogens with two attached hydrogens (primary N) is 3. The first-order chi connectivity index (χ1) is 26.1. The van der Waals surface area contributed by atoms with Gasteiger partial charge in [-0.25, -0.2) is 4.79 Å². The number of nitrogens with one attached hydrogen (secondary N) is 5. The summed E-state index contributed by atoms with van der Waals surface area (Å²) in [5.74, 6) is -6.33. The third-order valence-electron chi connectivity index (χ3n) is 9.10. The van der Waals surface area contributed by atoms with Crippen LogP contribution in [0.2, 0.25) is 0 Å². The predicted octanol–water partition coefficient (Wildman–Crippen LogP) is -0.0257. The van der Waals surface area contributed by atoms with Crippen LogP contribution in [0.3, 0.4) is 0 Å². The second kappa shape index (κ2) is 20.9. The van der Waals surface area contributed by atoms with Crippen LogP contribution in [0.5, 0.6) is 5.75 Å². The van der Waals surface area contributed by atoms with Crippen molar-refractivity contribution in [2.24, 2.45) is 28.1 Å². The number of hydrogen-bond donors (Lipinski definition) is 11. The van der Waals surface area contributed by atoms with Gasteiger partial charge in [0.25, 0.3) is 0 Å². The molecule has 3 aromatic rings. The summed E-state index contributed by atoms with van der Waals surface area (Å²) in [6.07, 6.45) is 1.64. The van der Waals surface area contributed by atoms with Crippen molar-refractivity contribution in [3.05, 3.63) is 65.9 Å². The normalized spacial score (nSPS) is 14.3. The third-order valence-corrected chi connectivity index (χ3v) is 9.10. The molecular weight excluding hydrogens is 714 g/mol. The number of aliphatic imine (C=N–C) groups is 1. The summed E-state index contributed by atoms with van der Waals surface area (Å²) in [6, 6.07) is 6.89. The molecule has 0 fully saturated rings. The lowest BCUT2D eigenvalue weighted by Gasteiger charge is -2.28. The highest BCUT2D eigenvalue weighted by molar-refractivity contribution is 5.96. The smallest absolute Gasteiger partial charge is 0.326 e. The van der Waals surface area contributed by atoms with E-state index in [9.17, 15) is 39.0 Å². The van der Waals surface area contributed by atoms with Gasteiger partial charge >= 0.3 is 11.9 Å². The Kier molecular flexibility index (Phi) is 16.4. The van der Waals surface area contributed by atoms with Crippen LogP contribution in [0, 0.1) is 5.92 Å². The molecule has 0 unspecified atom stereocenters. The van der Waals surface area contributed by atoms with Gasteiger partial charge in [-0.15, -0.1) is 0 Å². The quantitative estimate of drug-likeness (QED) is 0.0365. The number of rotatable bonds is 22. The summed E-state index contributed by atoms with van der Waals surface area (Å²) < 4.78 is 0. The van der Waals surface area contributed by atoms with E-state index >= 15 is 0 Å². The molecule has 18 heteroatoms. The number of phenols is 1. The Balaban J connectivity index is 1.93. The number of guanidine groups is 1. The topological polar surface area (TPSA) is 317 Å². The lowest BCUT2D eigenvalue weighted by atomic mass is 9.96. The lowest BCUT2D eigenvalue weighted by Crippen LogP contribution is -2.60. The number of para-hydroxylation sites is 1. The molecule has 0 spiro atoms. The Morgan fingerprint density at radius 3 is 2.05 bits per heavy atom. The molecule has 4 amide bonds. The summed E-state index contributed by atoms with van der Waals surface area (Å²) in [5.41, 5.74) is 18.9. The minimum atomic E-state index is -1.53. The molecule has 298 valence electrons. The van der Waals surface area contributed by atoms with Crippen molar-refractivity contribution in [3.63, 3.8) is 0 Å². The van der Waals surface area contributed by atoms with Gasteiger partial charge in [0.1, 0.15) is 29.9 Å². The maximum Gasteiger partial charge on any atom is 0.326 e. The summed E-state index contributed by atoms with van der Waals surface area (Å²) in [7, 11) is 0. The van der Waals surface area contributed by atoms with Crippen molar-refractivity contribution in [2.75, 3.05) is 6.54 Å². The molecule has 1 heterocycles. The van der Waals surface area contributed by atoms with Gasteiger partial charge in [0.2, 0.25) is 23.6 Å². The molecular formula is C37H51N9O9. The van der Waals surface area contributed by atoms with Crippen LogP contribution in [0.1, 0.15) is 57.1 Å². The molecule has 18 nitrogen and oxygen atoms in total. The van der Waals surface area contributed by atoms with Gasteiger partial charge in [0.05, 0.1) is 6.04 Å². The number of benzene rings is 2. The van der Waals surface area contributed by atoms with Crippen molar-refractivity contribution in [1.29, 1.82) is 0 Å². The number of hydrogen-bond acceptors (Lipinski definition) is 9. The fourth-order valence-electron chi connectivity index (χ4n) is 5.75. The van der Waals surface area contributed by atoms with Crippen LogP contribution < -0.4 is 38.5 Å². The number of carboxylic acid groups (broad SMARTS) is 2. The van der Waals surface area contributed by atoms with Gasteiger partial charge in [-0.05, 0) is 54.5 Å². The van der Waals surface area contributed by atoms with Crippen LogP contribution in [-0.2, 0) is 41.6 Å². The number of aromatic amines is 1. The number of carbonyl (C=O) groups is 6. The molecule has 0 aliphatic rings. The van der Waals surface area contributed by atoms with Crippen molar-refractivity contribution < 1.29 is 44.1 Å². The van der Waals surface area contributed by atoms with Crippen LogP contribution in [0.15, 0.2) is 59.7 Å². The van der Waals surface area contributed by atoms with Crippen LogP contribution >= 0.6 is 0 Å². The summed E-state index contributed by atoms with van der Waals surface area (Å²) in [6.45, 7) is 3.68. The SMILES string of the molecule is CC[C@H](C)[C@H](NC(=O)[C@H](Cc1c[nH]c2ccccc12)NC(=O)[C@H](Cc1ccc(O)cc1)NC(=O)[C@@H](N)CCCN=C(N)N)C(=O)N[C@@H](CCC(=O)O)C(=O)O. The zero-order chi connectivity index (χ0) is 40.7. The van der Waals surface area contributed by atoms with Crippen LogP contribution in [-0.4, -0.2) is 98.6 Å². The molecule has 14 N–H and O–H groups in total. The van der Waals surface area contributed by atoms with Gasteiger partial charge in [-0.3, -0.25) is 29.0 Å². The molecule has 0 saturated heterocycles. The highest BCUT2D eigenvalue weighted by Gasteiger charge is 2.34. The minimum Gasteiger partial charge on any atom is -0.508 e. The molecule has 0 aliphatic carbocycles. The summed E-state index contributed by atoms with van der Waals surface area (Å²) in [4.78, 5) is 85.0. The van der Waals surface area contributed by atoms with E-state index in [1.54, 1.807) is 32.2 Å². The predicted molar refractivity (Wildman–Crippen MR) is 203 cm³/mol. The Labute approximate surface area is 317 Å².